The zero-order chi connectivity index (χ0) is 18.9. The van der Waals surface area contributed by atoms with Gasteiger partial charge in [-0.2, -0.15) is 0 Å². The van der Waals surface area contributed by atoms with Crippen molar-refractivity contribution in [3.8, 4) is 0 Å². The summed E-state index contributed by atoms with van der Waals surface area (Å²) in [5, 5.41) is 9.04. The Morgan fingerprint density at radius 2 is 1.96 bits per heavy atom. The number of halogens is 2. The molecule has 1 atom stereocenters. The molecule has 0 aliphatic carbocycles. The van der Waals surface area contributed by atoms with Gasteiger partial charge in [0.1, 0.15) is 5.82 Å². The Labute approximate surface area is 176 Å². The third-order valence-corrected chi connectivity index (χ3v) is 4.23. The van der Waals surface area contributed by atoms with Gasteiger partial charge in [0.15, 0.2) is 5.96 Å². The minimum absolute atomic E-state index is 0. The maximum atomic E-state index is 13.5. The fraction of sp³-hybridized carbons (Fsp3) is 0.500. The summed E-state index contributed by atoms with van der Waals surface area (Å²) in [6.45, 7) is 4.06. The molecule has 1 unspecified atom stereocenters. The van der Waals surface area contributed by atoms with Crippen LogP contribution in [-0.2, 0) is 4.79 Å². The molecule has 0 radical (unpaired) electrons. The molecule has 1 heterocycles. The number of carbonyl (C=O) groups excluding carboxylic acids is 2. The summed E-state index contributed by atoms with van der Waals surface area (Å²) in [5.74, 6) is -0.214. The average molecular weight is 491 g/mol. The maximum Gasteiger partial charge on any atom is 0.254 e. The molecule has 3 N–H and O–H groups in total. The zero-order valence-electron chi connectivity index (χ0n) is 15.6. The van der Waals surface area contributed by atoms with Gasteiger partial charge in [0, 0.05) is 45.7 Å². The van der Waals surface area contributed by atoms with Gasteiger partial charge in [-0.15, -0.1) is 24.0 Å². The second kappa shape index (κ2) is 11.7. The van der Waals surface area contributed by atoms with Crippen molar-refractivity contribution in [3.05, 3.63) is 35.6 Å². The lowest BCUT2D eigenvalue weighted by molar-refractivity contribution is -0.129. The Kier molecular flexibility index (Phi) is 10.0. The summed E-state index contributed by atoms with van der Waals surface area (Å²) in [6, 6.07) is 6.03. The number of likely N-dealkylation sites (tertiary alicyclic amines) is 1. The second-order valence-corrected chi connectivity index (χ2v) is 6.06. The Balaban J connectivity index is 0.00000364. The normalized spacial score (nSPS) is 16.5. The van der Waals surface area contributed by atoms with E-state index in [0.717, 1.165) is 13.0 Å². The van der Waals surface area contributed by atoms with Crippen molar-refractivity contribution in [2.24, 2.45) is 4.99 Å². The first-order valence-corrected chi connectivity index (χ1v) is 8.82. The first-order valence-electron chi connectivity index (χ1n) is 8.82. The van der Waals surface area contributed by atoms with E-state index in [1.165, 1.54) is 12.1 Å². The molecule has 1 aromatic carbocycles. The molecule has 1 fully saturated rings. The van der Waals surface area contributed by atoms with Crippen molar-refractivity contribution >= 4 is 41.8 Å². The average Bonchev–Trinajstić information content (AvgIpc) is 3.12. The lowest BCUT2D eigenvalue weighted by Crippen LogP contribution is -2.46. The highest BCUT2D eigenvalue weighted by Crippen LogP contribution is 2.10. The Morgan fingerprint density at radius 1 is 1.26 bits per heavy atom. The molecule has 0 spiro atoms. The molecule has 1 aromatic rings. The van der Waals surface area contributed by atoms with Gasteiger partial charge in [-0.25, -0.2) is 4.39 Å². The van der Waals surface area contributed by atoms with Crippen LogP contribution in [0.1, 0.15) is 30.1 Å². The van der Waals surface area contributed by atoms with Crippen LogP contribution in [0.2, 0.25) is 0 Å². The summed E-state index contributed by atoms with van der Waals surface area (Å²) < 4.78 is 13.5. The topological polar surface area (TPSA) is 85.8 Å². The quantitative estimate of drug-likeness (QED) is 0.243. The number of nitrogens with one attached hydrogen (secondary N) is 3. The molecular formula is C18H27FIN5O2. The van der Waals surface area contributed by atoms with Crippen molar-refractivity contribution in [2.45, 2.75) is 25.8 Å². The zero-order valence-corrected chi connectivity index (χ0v) is 18.0. The molecule has 1 saturated heterocycles. The summed E-state index contributed by atoms with van der Waals surface area (Å²) >= 11 is 0. The Hall–Kier alpha value is -1.91. The Morgan fingerprint density at radius 3 is 2.63 bits per heavy atom. The monoisotopic (exact) mass is 491 g/mol. The molecule has 0 aromatic heterocycles. The number of rotatable bonds is 6. The second-order valence-electron chi connectivity index (χ2n) is 6.06. The van der Waals surface area contributed by atoms with Gasteiger partial charge in [0.05, 0.1) is 5.56 Å². The summed E-state index contributed by atoms with van der Waals surface area (Å²) in [7, 11) is 1.66. The lowest BCUT2D eigenvalue weighted by Gasteiger charge is -2.18. The number of carbonyl (C=O) groups is 2. The molecular weight excluding hydrogens is 464 g/mol. The number of nitrogens with zero attached hydrogens (tertiary/aromatic N) is 2. The van der Waals surface area contributed by atoms with Crippen LogP contribution in [0.15, 0.2) is 29.3 Å². The van der Waals surface area contributed by atoms with Crippen molar-refractivity contribution in [3.63, 3.8) is 0 Å². The SMILES string of the molecule is CCC(=O)N1CCC(NC(=NC)NCCNC(=O)c2ccccc2F)C1.I. The number of guanidine groups is 1. The van der Waals surface area contributed by atoms with E-state index >= 15 is 0 Å². The van der Waals surface area contributed by atoms with E-state index in [4.69, 9.17) is 0 Å². The van der Waals surface area contributed by atoms with Gasteiger partial charge in [-0.05, 0) is 18.6 Å². The van der Waals surface area contributed by atoms with Crippen molar-refractivity contribution < 1.29 is 14.0 Å². The molecule has 1 aliphatic rings. The van der Waals surface area contributed by atoms with Gasteiger partial charge in [0.25, 0.3) is 5.91 Å². The van der Waals surface area contributed by atoms with E-state index in [1.807, 2.05) is 11.8 Å². The largest absolute Gasteiger partial charge is 0.355 e. The highest BCUT2D eigenvalue weighted by molar-refractivity contribution is 14.0. The molecule has 1 aliphatic heterocycles. The molecule has 2 rings (SSSR count). The predicted octanol–water partition coefficient (Wildman–Crippen LogP) is 1.35. The van der Waals surface area contributed by atoms with E-state index < -0.39 is 11.7 Å². The molecule has 0 saturated carbocycles. The van der Waals surface area contributed by atoms with Crippen LogP contribution in [-0.4, -0.2) is 61.9 Å². The number of amides is 2. The molecule has 0 bridgehead atoms. The van der Waals surface area contributed by atoms with Gasteiger partial charge >= 0.3 is 0 Å². The standard InChI is InChI=1S/C18H26FN5O2.HI/c1-3-16(25)24-11-8-13(12-24)23-18(20-2)22-10-9-21-17(26)14-6-4-5-7-15(14)19;/h4-7,13H,3,8-12H2,1-2H3,(H,21,26)(H2,20,22,23);1H. The molecule has 2 amide bonds. The first kappa shape index (κ1) is 23.1. The highest BCUT2D eigenvalue weighted by Gasteiger charge is 2.25. The van der Waals surface area contributed by atoms with Crippen LogP contribution in [0.4, 0.5) is 4.39 Å². The fourth-order valence-electron chi connectivity index (χ4n) is 2.81. The third-order valence-electron chi connectivity index (χ3n) is 4.23. The summed E-state index contributed by atoms with van der Waals surface area (Å²) in [6.07, 6.45) is 1.39. The van der Waals surface area contributed by atoms with E-state index in [0.29, 0.717) is 32.0 Å². The maximum absolute atomic E-state index is 13.5. The van der Waals surface area contributed by atoms with Crippen LogP contribution in [0.5, 0.6) is 0 Å². The van der Waals surface area contributed by atoms with Gasteiger partial charge in [-0.3, -0.25) is 14.6 Å². The number of benzene rings is 1. The van der Waals surface area contributed by atoms with Crippen LogP contribution in [0.25, 0.3) is 0 Å². The first-order chi connectivity index (χ1) is 12.5. The molecule has 7 nitrogen and oxygen atoms in total. The highest BCUT2D eigenvalue weighted by atomic mass is 127. The van der Waals surface area contributed by atoms with Crippen molar-refractivity contribution in [2.75, 3.05) is 33.2 Å². The lowest BCUT2D eigenvalue weighted by atomic mass is 10.2. The van der Waals surface area contributed by atoms with Crippen LogP contribution in [0.3, 0.4) is 0 Å². The summed E-state index contributed by atoms with van der Waals surface area (Å²) in [4.78, 5) is 29.6. The predicted molar refractivity (Wildman–Crippen MR) is 114 cm³/mol. The van der Waals surface area contributed by atoms with Crippen molar-refractivity contribution in [1.82, 2.24) is 20.9 Å². The van der Waals surface area contributed by atoms with Crippen LogP contribution in [0, 0.1) is 5.82 Å². The smallest absolute Gasteiger partial charge is 0.254 e. The van der Waals surface area contributed by atoms with E-state index in [9.17, 15) is 14.0 Å². The number of aliphatic imine (C=N–C) groups is 1. The summed E-state index contributed by atoms with van der Waals surface area (Å²) in [5.41, 5.74) is 0.0293. The fourth-order valence-corrected chi connectivity index (χ4v) is 2.81. The van der Waals surface area contributed by atoms with Crippen LogP contribution < -0.4 is 16.0 Å². The molecule has 9 heteroatoms. The van der Waals surface area contributed by atoms with E-state index in [1.54, 1.807) is 19.2 Å². The molecule has 27 heavy (non-hydrogen) atoms. The van der Waals surface area contributed by atoms with Gasteiger partial charge in [-0.1, -0.05) is 19.1 Å². The van der Waals surface area contributed by atoms with E-state index in [-0.39, 0.29) is 41.5 Å². The van der Waals surface area contributed by atoms with Gasteiger partial charge in [0.2, 0.25) is 5.91 Å². The van der Waals surface area contributed by atoms with E-state index in [2.05, 4.69) is 20.9 Å². The minimum Gasteiger partial charge on any atom is -0.355 e. The van der Waals surface area contributed by atoms with Crippen LogP contribution >= 0.6 is 24.0 Å². The minimum atomic E-state index is -0.539. The van der Waals surface area contributed by atoms with Gasteiger partial charge < -0.3 is 20.9 Å². The Bertz CT molecular complexity index is 671. The third kappa shape index (κ3) is 6.96. The number of hydrogen-bond acceptors (Lipinski definition) is 3. The number of hydrogen-bond donors (Lipinski definition) is 3. The molecule has 150 valence electrons. The van der Waals surface area contributed by atoms with Crippen molar-refractivity contribution in [1.29, 1.82) is 0 Å².